The lowest BCUT2D eigenvalue weighted by Crippen LogP contribution is -2.01. The van der Waals surface area contributed by atoms with Crippen molar-refractivity contribution in [3.8, 4) is 62.1 Å². The third-order valence-electron chi connectivity index (χ3n) is 10.4. The van der Waals surface area contributed by atoms with E-state index >= 15 is 0 Å². The summed E-state index contributed by atoms with van der Waals surface area (Å²) < 4.78 is 40.0. The Bertz CT molecular complexity index is 3470. The molecule has 0 saturated heterocycles. The zero-order valence-electron chi connectivity index (χ0n) is 33.9. The molecule has 8 aromatic carbocycles. The van der Waals surface area contributed by atoms with Gasteiger partial charge in [0.05, 0.1) is 16.5 Å². The summed E-state index contributed by atoms with van der Waals surface area (Å²) in [5.74, 6) is 1.59. The molecule has 11 rings (SSSR count). The van der Waals surface area contributed by atoms with Gasteiger partial charge in [-0.15, -0.1) is 11.3 Å². The van der Waals surface area contributed by atoms with Gasteiger partial charge in [0.15, 0.2) is 17.5 Å². The van der Waals surface area contributed by atoms with Gasteiger partial charge >= 0.3 is 0 Å². The highest BCUT2D eigenvalue weighted by molar-refractivity contribution is 7.25. The van der Waals surface area contributed by atoms with Crippen LogP contribution in [-0.4, -0.2) is 19.5 Å². The molecule has 0 saturated carbocycles. The summed E-state index contributed by atoms with van der Waals surface area (Å²) in [6.45, 7) is 0. The van der Waals surface area contributed by atoms with E-state index in [1.807, 2.05) is 95.6 Å². The maximum Gasteiger partial charge on any atom is 0.164 e. The van der Waals surface area contributed by atoms with Gasteiger partial charge in [0.25, 0.3) is 0 Å². The fourth-order valence-corrected chi connectivity index (χ4v) is 8.74. The van der Waals surface area contributed by atoms with Gasteiger partial charge in [-0.2, -0.15) is 0 Å². The molecule has 0 atom stereocenters. The minimum Gasteiger partial charge on any atom is -0.309 e. The molecule has 0 radical (unpaired) electrons. The summed E-state index contributed by atoms with van der Waals surface area (Å²) in [5, 5.41) is 3.55. The number of benzene rings is 8. The van der Waals surface area contributed by atoms with Gasteiger partial charge in [0.2, 0.25) is 0 Å². The Labute approximate surface area is 333 Å². The van der Waals surface area contributed by atoms with Crippen molar-refractivity contribution in [1.29, 1.82) is 0 Å². The van der Waals surface area contributed by atoms with E-state index in [-0.39, 0.29) is 24.2 Å². The van der Waals surface area contributed by atoms with Crippen LogP contribution in [0.15, 0.2) is 194 Å². The highest BCUT2D eigenvalue weighted by atomic mass is 32.1. The maximum absolute atomic E-state index is 9.19. The lowest BCUT2D eigenvalue weighted by atomic mass is 9.99. The lowest BCUT2D eigenvalue weighted by molar-refractivity contribution is 1.07. The molecule has 0 fully saturated rings. The second-order valence-electron chi connectivity index (χ2n) is 13.8. The molecule has 56 heavy (non-hydrogen) atoms. The quantitative estimate of drug-likeness (QED) is 0.171. The van der Waals surface area contributed by atoms with Crippen LogP contribution < -0.4 is 0 Å². The first-order valence-corrected chi connectivity index (χ1v) is 19.3. The Hall–Kier alpha value is -7.21. The minimum absolute atomic E-state index is 0.0764. The molecular weight excluding hydrogens is 701 g/mol. The zero-order valence-corrected chi connectivity index (χ0v) is 30.7. The maximum atomic E-state index is 9.19. The van der Waals surface area contributed by atoms with Crippen LogP contribution in [0.2, 0.25) is 0 Å². The van der Waals surface area contributed by atoms with Crippen molar-refractivity contribution < 1.29 is 5.48 Å². The van der Waals surface area contributed by atoms with Crippen LogP contribution in [0.1, 0.15) is 5.48 Å². The van der Waals surface area contributed by atoms with Crippen molar-refractivity contribution in [1.82, 2.24) is 19.5 Å². The minimum atomic E-state index is -0.283. The standard InChI is InChI=1S/C51H32N4S/c1-3-12-33(13-4-1)34-22-24-35(25-23-34)37-26-28-46-43(31-37)41-18-7-9-20-45(41)55(46)40-17-11-16-38(30-40)50-52-49(36-14-5-2-6-15-36)53-51(54-50)39-27-29-48-44(32-39)42-19-8-10-21-47(42)56-48/h1-32H/i7D,9D,18D,20D. The van der Waals surface area contributed by atoms with Crippen LogP contribution in [0.5, 0.6) is 0 Å². The first-order chi connectivity index (χ1) is 29.4. The van der Waals surface area contributed by atoms with Gasteiger partial charge in [-0.25, -0.2) is 15.0 Å². The number of hydrogen-bond donors (Lipinski definition) is 0. The third-order valence-corrected chi connectivity index (χ3v) is 11.5. The zero-order chi connectivity index (χ0) is 40.5. The average Bonchev–Trinajstić information content (AvgIpc) is 3.86. The number of rotatable bonds is 6. The van der Waals surface area contributed by atoms with Crippen molar-refractivity contribution in [2.24, 2.45) is 0 Å². The summed E-state index contributed by atoms with van der Waals surface area (Å²) >= 11 is 1.77. The molecule has 0 bridgehead atoms. The van der Waals surface area contributed by atoms with Crippen molar-refractivity contribution in [2.45, 2.75) is 0 Å². The van der Waals surface area contributed by atoms with E-state index in [0.29, 0.717) is 34.1 Å². The van der Waals surface area contributed by atoms with Crippen LogP contribution in [0, 0.1) is 0 Å². The summed E-state index contributed by atoms with van der Waals surface area (Å²) in [7, 11) is 0. The summed E-state index contributed by atoms with van der Waals surface area (Å²) in [6.07, 6.45) is 0. The monoisotopic (exact) mass is 736 g/mol. The fraction of sp³-hybridized carbons (Fsp3) is 0. The molecule has 0 amide bonds. The summed E-state index contributed by atoms with van der Waals surface area (Å²) in [4.78, 5) is 15.1. The largest absolute Gasteiger partial charge is 0.309 e. The first-order valence-electron chi connectivity index (χ1n) is 20.4. The van der Waals surface area contributed by atoms with Gasteiger partial charge in [-0.1, -0.05) is 139 Å². The van der Waals surface area contributed by atoms with Crippen LogP contribution in [0.3, 0.4) is 0 Å². The Morgan fingerprint density at radius 3 is 1.71 bits per heavy atom. The Kier molecular flexibility index (Phi) is 6.70. The van der Waals surface area contributed by atoms with Crippen molar-refractivity contribution in [2.75, 3.05) is 0 Å². The molecule has 0 aliphatic carbocycles. The molecule has 262 valence electrons. The predicted octanol–water partition coefficient (Wildman–Crippen LogP) is 13.7. The van der Waals surface area contributed by atoms with E-state index in [0.717, 1.165) is 55.2 Å². The molecule has 0 spiro atoms. The van der Waals surface area contributed by atoms with Crippen LogP contribution in [-0.2, 0) is 0 Å². The van der Waals surface area contributed by atoms with E-state index in [1.54, 1.807) is 11.3 Å². The Morgan fingerprint density at radius 1 is 0.375 bits per heavy atom. The molecule has 0 unspecified atom stereocenters. The number of para-hydroxylation sites is 1. The van der Waals surface area contributed by atoms with Crippen molar-refractivity contribution >= 4 is 53.3 Å². The van der Waals surface area contributed by atoms with Crippen LogP contribution in [0.4, 0.5) is 0 Å². The Morgan fingerprint density at radius 2 is 0.929 bits per heavy atom. The van der Waals surface area contributed by atoms with E-state index in [4.69, 9.17) is 19.1 Å². The fourth-order valence-electron chi connectivity index (χ4n) is 7.65. The second-order valence-corrected chi connectivity index (χ2v) is 14.8. The highest BCUT2D eigenvalue weighted by Crippen LogP contribution is 2.38. The van der Waals surface area contributed by atoms with Crippen molar-refractivity contribution in [3.63, 3.8) is 0 Å². The third kappa shape index (κ3) is 5.56. The SMILES string of the molecule is [2H]c1c([2H])c([2H])c2c(c1[2H])c1cc(-c3ccc(-c4ccccc4)cc3)ccc1n2-c1cccc(-c2nc(-c3ccccc3)nc(-c3ccc4sc5ccccc5c4c3)n2)c1. The lowest BCUT2D eigenvalue weighted by Gasteiger charge is -2.12. The normalized spacial score (nSPS) is 12.6. The van der Waals surface area contributed by atoms with Gasteiger partial charge < -0.3 is 4.57 Å². The van der Waals surface area contributed by atoms with Gasteiger partial charge in [-0.05, 0) is 76.8 Å². The Balaban J connectivity index is 1.08. The number of hydrogen-bond acceptors (Lipinski definition) is 4. The summed E-state index contributed by atoms with van der Waals surface area (Å²) in [5.41, 5.74) is 8.57. The van der Waals surface area contributed by atoms with Crippen LogP contribution in [0.25, 0.3) is 104 Å². The number of fused-ring (bicyclic) bond motifs is 6. The second kappa shape index (κ2) is 13.3. The molecule has 0 aliphatic heterocycles. The number of nitrogens with zero attached hydrogens (tertiary/aromatic N) is 4. The molecule has 5 heteroatoms. The van der Waals surface area contributed by atoms with Crippen LogP contribution >= 0.6 is 11.3 Å². The van der Waals surface area contributed by atoms with E-state index in [1.165, 1.54) is 14.8 Å². The molecule has 0 aliphatic rings. The van der Waals surface area contributed by atoms with Crippen molar-refractivity contribution in [3.05, 3.63) is 194 Å². The molecule has 3 heterocycles. The molecule has 4 nitrogen and oxygen atoms in total. The average molecular weight is 737 g/mol. The number of thiophene rings is 1. The van der Waals surface area contributed by atoms with Gasteiger partial charge in [0.1, 0.15) is 0 Å². The molecule has 11 aromatic rings. The number of aromatic nitrogens is 4. The van der Waals surface area contributed by atoms with Gasteiger partial charge in [-0.3, -0.25) is 0 Å². The highest BCUT2D eigenvalue weighted by Gasteiger charge is 2.17. The predicted molar refractivity (Wildman–Crippen MR) is 234 cm³/mol. The smallest absolute Gasteiger partial charge is 0.164 e. The topological polar surface area (TPSA) is 43.6 Å². The van der Waals surface area contributed by atoms with E-state index in [2.05, 4.69) is 78.9 Å². The first kappa shape index (κ1) is 28.3. The molecule has 3 aromatic heterocycles. The summed E-state index contributed by atoms with van der Waals surface area (Å²) in [6, 6.07) is 56.5. The van der Waals surface area contributed by atoms with Gasteiger partial charge in [0, 0.05) is 53.3 Å². The molecule has 0 N–H and O–H groups in total. The molecular formula is C51H32N4S. The van der Waals surface area contributed by atoms with E-state index < -0.39 is 0 Å². The van der Waals surface area contributed by atoms with E-state index in [9.17, 15) is 1.37 Å².